The summed E-state index contributed by atoms with van der Waals surface area (Å²) >= 11 is 0. The third kappa shape index (κ3) is 9.23. The minimum Gasteiger partial charge on any atom is -0.396 e. The summed E-state index contributed by atoms with van der Waals surface area (Å²) in [5.74, 6) is 4.05. The Morgan fingerprint density at radius 1 is 1.05 bits per heavy atom. The molecule has 22 heavy (non-hydrogen) atoms. The van der Waals surface area contributed by atoms with Crippen LogP contribution in [0.1, 0.15) is 70.9 Å². The number of nitrogens with one attached hydrogen (secondary N) is 2. The maximum Gasteiger partial charge on any atom is 0.153 e. The van der Waals surface area contributed by atoms with Crippen LogP contribution < -0.4 is 0 Å². The van der Waals surface area contributed by atoms with E-state index in [1.807, 2.05) is 20.8 Å². The average Bonchev–Trinajstić information content (AvgIpc) is 3.10. The molecule has 0 aromatic carbocycles. The quantitative estimate of drug-likeness (QED) is 0.808. The van der Waals surface area contributed by atoms with Gasteiger partial charge in [0.1, 0.15) is 18.0 Å². The van der Waals surface area contributed by atoms with Crippen molar-refractivity contribution in [1.82, 2.24) is 30.4 Å². The fourth-order valence-corrected chi connectivity index (χ4v) is 1.11. The number of hydrogen-bond donors (Lipinski definition) is 3. The third-order valence-electron chi connectivity index (χ3n) is 2.48. The van der Waals surface area contributed by atoms with Crippen molar-refractivity contribution >= 4 is 0 Å². The second kappa shape index (κ2) is 10.9. The number of aliphatic hydroxyl groups is 1. The van der Waals surface area contributed by atoms with Crippen LogP contribution >= 0.6 is 0 Å². The Balaban J connectivity index is 0.000000315. The first-order valence-electron chi connectivity index (χ1n) is 7.62. The van der Waals surface area contributed by atoms with Gasteiger partial charge in [0.05, 0.1) is 0 Å². The van der Waals surface area contributed by atoms with Gasteiger partial charge in [-0.1, -0.05) is 41.5 Å². The lowest BCUT2D eigenvalue weighted by Gasteiger charge is -1.93. The second-order valence-electron chi connectivity index (χ2n) is 6.04. The van der Waals surface area contributed by atoms with Crippen molar-refractivity contribution in [1.29, 1.82) is 0 Å². The van der Waals surface area contributed by atoms with E-state index in [0.717, 1.165) is 17.5 Å². The van der Waals surface area contributed by atoms with Gasteiger partial charge in [0, 0.05) is 18.4 Å². The number of nitrogens with zero attached hydrogens (tertiary/aromatic N) is 4. The Bertz CT molecular complexity index is 476. The summed E-state index contributed by atoms with van der Waals surface area (Å²) in [6.45, 7) is 14.4. The summed E-state index contributed by atoms with van der Waals surface area (Å²) in [4.78, 5) is 8.09. The van der Waals surface area contributed by atoms with Crippen LogP contribution in [-0.4, -0.2) is 42.1 Å². The van der Waals surface area contributed by atoms with Crippen LogP contribution in [0.2, 0.25) is 0 Å². The molecule has 2 heterocycles. The van der Waals surface area contributed by atoms with Crippen LogP contribution in [0, 0.1) is 12.8 Å². The number of rotatable bonds is 3. The van der Waals surface area contributed by atoms with E-state index in [1.54, 1.807) is 0 Å². The maximum absolute atomic E-state index is 8.14. The van der Waals surface area contributed by atoms with Gasteiger partial charge in [0.25, 0.3) is 0 Å². The monoisotopic (exact) mass is 310 g/mol. The van der Waals surface area contributed by atoms with E-state index in [-0.39, 0.29) is 0 Å². The Hall–Kier alpha value is -1.76. The van der Waals surface area contributed by atoms with Crippen molar-refractivity contribution in [2.45, 2.75) is 60.3 Å². The molecule has 0 aliphatic carbocycles. The Morgan fingerprint density at radius 3 is 1.82 bits per heavy atom. The van der Waals surface area contributed by atoms with Gasteiger partial charge in [-0.05, 0) is 12.8 Å². The molecule has 0 atom stereocenters. The highest BCUT2D eigenvalue weighted by Crippen LogP contribution is 2.06. The lowest BCUT2D eigenvalue weighted by Crippen LogP contribution is -1.90. The molecule has 0 saturated carbocycles. The summed E-state index contributed by atoms with van der Waals surface area (Å²) in [5.41, 5.74) is 0. The first-order valence-corrected chi connectivity index (χ1v) is 7.62. The molecule has 0 saturated heterocycles. The molecule has 0 fully saturated rings. The first kappa shape index (κ1) is 20.2. The van der Waals surface area contributed by atoms with Crippen LogP contribution in [0.3, 0.4) is 0 Å². The molecule has 0 amide bonds. The summed E-state index contributed by atoms with van der Waals surface area (Å²) in [5, 5.41) is 21.4. The van der Waals surface area contributed by atoms with E-state index in [9.17, 15) is 0 Å². The summed E-state index contributed by atoms with van der Waals surface area (Å²) in [6, 6.07) is 0. The first-order chi connectivity index (χ1) is 10.3. The molecule has 2 aromatic heterocycles. The molecule has 7 heteroatoms. The molecule has 0 spiro atoms. The van der Waals surface area contributed by atoms with E-state index in [0.29, 0.717) is 24.4 Å². The van der Waals surface area contributed by atoms with Crippen molar-refractivity contribution < 1.29 is 5.11 Å². The van der Waals surface area contributed by atoms with E-state index in [2.05, 4.69) is 58.1 Å². The number of aromatic amines is 2. The summed E-state index contributed by atoms with van der Waals surface area (Å²) < 4.78 is 0. The Kier molecular flexibility index (Phi) is 10.0. The molecule has 0 unspecified atom stereocenters. The molecular weight excluding hydrogens is 280 g/mol. The standard InChI is InChI=1S/C6H11N3.C5H9N3.C4H10O/c1-4(2)6-7-5(3)8-9-6;1-4(2)5-6-3-7-8-5;1-4(2)3-5/h4H,1-3H3,(H,7,8,9);3-4H,1-2H3,(H,6,7,8);4-5H,3H2,1-2H3. The molecule has 0 aliphatic rings. The van der Waals surface area contributed by atoms with Crippen LogP contribution in [0.4, 0.5) is 0 Å². The van der Waals surface area contributed by atoms with Gasteiger partial charge in [0.15, 0.2) is 5.82 Å². The van der Waals surface area contributed by atoms with E-state index in [4.69, 9.17) is 5.11 Å². The third-order valence-corrected chi connectivity index (χ3v) is 2.48. The van der Waals surface area contributed by atoms with E-state index in [1.165, 1.54) is 6.33 Å². The van der Waals surface area contributed by atoms with E-state index < -0.39 is 0 Å². The van der Waals surface area contributed by atoms with Gasteiger partial charge in [-0.3, -0.25) is 10.2 Å². The van der Waals surface area contributed by atoms with Gasteiger partial charge >= 0.3 is 0 Å². The minimum absolute atomic E-state index is 0.306. The Morgan fingerprint density at radius 2 is 1.64 bits per heavy atom. The summed E-state index contributed by atoms with van der Waals surface area (Å²) in [6.07, 6.45) is 1.52. The van der Waals surface area contributed by atoms with Gasteiger partial charge in [0.2, 0.25) is 0 Å². The normalized spacial score (nSPS) is 10.3. The van der Waals surface area contributed by atoms with Crippen molar-refractivity contribution in [3.05, 3.63) is 23.8 Å². The van der Waals surface area contributed by atoms with Gasteiger partial charge < -0.3 is 5.11 Å². The number of hydrogen-bond acceptors (Lipinski definition) is 5. The maximum atomic E-state index is 8.14. The van der Waals surface area contributed by atoms with Gasteiger partial charge in [-0.15, -0.1) is 0 Å². The SMILES string of the molecule is CC(C)CO.CC(C)c1ncn[nH]1.Cc1nc(C(C)C)n[nH]1. The number of H-pyrrole nitrogens is 2. The molecule has 7 nitrogen and oxygen atoms in total. The smallest absolute Gasteiger partial charge is 0.153 e. The second-order valence-corrected chi connectivity index (χ2v) is 6.04. The zero-order chi connectivity index (χ0) is 17.1. The van der Waals surface area contributed by atoms with E-state index >= 15 is 0 Å². The minimum atomic E-state index is 0.306. The van der Waals surface area contributed by atoms with Crippen molar-refractivity contribution in [2.24, 2.45) is 5.92 Å². The lowest BCUT2D eigenvalue weighted by molar-refractivity contribution is 0.248. The highest BCUT2D eigenvalue weighted by molar-refractivity contribution is 4.92. The fourth-order valence-electron chi connectivity index (χ4n) is 1.11. The topological polar surface area (TPSA) is 103 Å². The number of aryl methyl sites for hydroxylation is 1. The fraction of sp³-hybridized carbons (Fsp3) is 0.733. The molecule has 0 radical (unpaired) electrons. The largest absolute Gasteiger partial charge is 0.396 e. The van der Waals surface area contributed by atoms with Crippen LogP contribution in [-0.2, 0) is 0 Å². The summed E-state index contributed by atoms with van der Waals surface area (Å²) in [7, 11) is 0. The highest BCUT2D eigenvalue weighted by atomic mass is 16.3. The molecular formula is C15H30N6O. The van der Waals surface area contributed by atoms with Crippen molar-refractivity contribution in [2.75, 3.05) is 6.61 Å². The average molecular weight is 310 g/mol. The zero-order valence-electron chi connectivity index (χ0n) is 14.8. The Labute approximate surface area is 133 Å². The predicted molar refractivity (Wildman–Crippen MR) is 87.6 cm³/mol. The van der Waals surface area contributed by atoms with Crippen molar-refractivity contribution in [3.8, 4) is 0 Å². The number of aromatic nitrogens is 6. The van der Waals surface area contributed by atoms with Gasteiger partial charge in [-0.25, -0.2) is 9.97 Å². The molecule has 3 N–H and O–H groups in total. The van der Waals surface area contributed by atoms with Gasteiger partial charge in [-0.2, -0.15) is 10.2 Å². The molecule has 2 aromatic rings. The molecule has 0 aliphatic heterocycles. The predicted octanol–water partition coefficient (Wildman–Crippen LogP) is 2.80. The molecule has 126 valence electrons. The van der Waals surface area contributed by atoms with Crippen LogP contribution in [0.15, 0.2) is 6.33 Å². The van der Waals surface area contributed by atoms with Crippen LogP contribution in [0.5, 0.6) is 0 Å². The number of aliphatic hydroxyl groups excluding tert-OH is 1. The molecule has 2 rings (SSSR count). The highest BCUT2D eigenvalue weighted by Gasteiger charge is 2.02. The van der Waals surface area contributed by atoms with Crippen molar-refractivity contribution in [3.63, 3.8) is 0 Å². The molecule has 0 bridgehead atoms. The zero-order valence-corrected chi connectivity index (χ0v) is 14.8. The lowest BCUT2D eigenvalue weighted by atomic mass is 10.2. The van der Waals surface area contributed by atoms with Crippen LogP contribution in [0.25, 0.3) is 0 Å².